The van der Waals surface area contributed by atoms with E-state index in [4.69, 9.17) is 16.3 Å². The molecule has 200 valence electrons. The lowest BCUT2D eigenvalue weighted by Gasteiger charge is -2.12. The minimum atomic E-state index is -0.359. The van der Waals surface area contributed by atoms with Gasteiger partial charge in [-0.05, 0) is 54.8 Å². The van der Waals surface area contributed by atoms with E-state index in [2.05, 4.69) is 15.7 Å². The van der Waals surface area contributed by atoms with Gasteiger partial charge in [0.2, 0.25) is 0 Å². The molecule has 0 bridgehead atoms. The highest BCUT2D eigenvalue weighted by atomic mass is 35.5. The fraction of sp³-hybridized carbons (Fsp3) is 0.233. The summed E-state index contributed by atoms with van der Waals surface area (Å²) < 4.78 is 6.67. The number of carbonyl (C=O) groups is 2. The molecule has 0 radical (unpaired) electrons. The molecule has 2 amide bonds. The number of aromatic nitrogens is 2. The lowest BCUT2D eigenvalue weighted by Crippen LogP contribution is -2.30. The zero-order valence-electron chi connectivity index (χ0n) is 21.5. The molecule has 1 aliphatic rings. The summed E-state index contributed by atoms with van der Waals surface area (Å²) in [6.07, 6.45) is 4.14. The Balaban J connectivity index is 1.39. The number of nitrogens with zero attached hydrogens (tertiary/aromatic N) is 2. The first-order valence-electron chi connectivity index (χ1n) is 12.8. The molecule has 0 spiro atoms. The van der Waals surface area contributed by atoms with E-state index in [1.807, 2.05) is 24.3 Å². The second-order valence-corrected chi connectivity index (χ2v) is 9.89. The van der Waals surface area contributed by atoms with Crippen LogP contribution in [0.15, 0.2) is 72.8 Å². The fourth-order valence-electron chi connectivity index (χ4n) is 4.95. The van der Waals surface area contributed by atoms with Gasteiger partial charge in [-0.15, -0.1) is 0 Å². The van der Waals surface area contributed by atoms with E-state index in [1.165, 1.54) is 17.9 Å². The van der Waals surface area contributed by atoms with Gasteiger partial charge in [-0.2, -0.15) is 9.78 Å². The number of aromatic hydroxyl groups is 1. The van der Waals surface area contributed by atoms with Crippen LogP contribution in [0.1, 0.15) is 53.2 Å². The molecular weight excluding hydrogens is 516 g/mol. The molecule has 0 unspecified atom stereocenters. The number of ether oxygens (including phenoxy) is 1. The van der Waals surface area contributed by atoms with Crippen LogP contribution in [-0.2, 0) is 6.54 Å². The molecule has 3 aromatic carbocycles. The van der Waals surface area contributed by atoms with Crippen molar-refractivity contribution in [1.29, 1.82) is 0 Å². The van der Waals surface area contributed by atoms with Gasteiger partial charge in [0.1, 0.15) is 11.5 Å². The average molecular weight is 545 g/mol. The summed E-state index contributed by atoms with van der Waals surface area (Å²) in [5.74, 6) is 0.238. The first kappa shape index (κ1) is 26.3. The third-order valence-electron chi connectivity index (χ3n) is 6.97. The van der Waals surface area contributed by atoms with Crippen LogP contribution in [0.25, 0.3) is 11.3 Å². The molecule has 1 aliphatic carbocycles. The van der Waals surface area contributed by atoms with Gasteiger partial charge in [-0.1, -0.05) is 54.8 Å². The number of phenols is 1. The molecular formula is C30H29ClN4O4. The Morgan fingerprint density at radius 3 is 2.54 bits per heavy atom. The van der Waals surface area contributed by atoms with Crippen LogP contribution in [0.3, 0.4) is 0 Å². The van der Waals surface area contributed by atoms with E-state index in [0.29, 0.717) is 33.3 Å². The second-order valence-electron chi connectivity index (χ2n) is 9.48. The summed E-state index contributed by atoms with van der Waals surface area (Å²) in [5.41, 5.74) is 3.36. The summed E-state index contributed by atoms with van der Waals surface area (Å²) in [7, 11) is 1.50. The average Bonchev–Trinajstić information content (AvgIpc) is 3.63. The minimum Gasteiger partial charge on any atom is -0.507 e. The number of methoxy groups -OCH3 is 1. The highest BCUT2D eigenvalue weighted by Crippen LogP contribution is 2.38. The van der Waals surface area contributed by atoms with Crippen LogP contribution in [0.2, 0.25) is 5.02 Å². The Kier molecular flexibility index (Phi) is 7.84. The van der Waals surface area contributed by atoms with E-state index in [1.54, 1.807) is 42.5 Å². The Bertz CT molecular complexity index is 1510. The van der Waals surface area contributed by atoms with Crippen LogP contribution < -0.4 is 15.4 Å². The number of nitrogens with one attached hydrogen (secondary N) is 2. The maximum atomic E-state index is 13.2. The lowest BCUT2D eigenvalue weighted by molar-refractivity contribution is 0.102. The highest BCUT2D eigenvalue weighted by Gasteiger charge is 2.26. The second kappa shape index (κ2) is 11.6. The lowest BCUT2D eigenvalue weighted by atomic mass is 10.0. The van der Waals surface area contributed by atoms with Crippen molar-refractivity contribution in [3.63, 3.8) is 0 Å². The Hall–Kier alpha value is -4.30. The van der Waals surface area contributed by atoms with Crippen LogP contribution in [0.5, 0.6) is 11.5 Å². The normalized spacial score (nSPS) is 13.3. The van der Waals surface area contributed by atoms with Crippen LogP contribution in [0.4, 0.5) is 10.5 Å². The molecule has 1 aromatic heterocycles. The number of amides is 2. The first-order valence-corrected chi connectivity index (χ1v) is 13.2. The molecule has 3 N–H and O–H groups in total. The first-order chi connectivity index (χ1) is 18.9. The zero-order valence-corrected chi connectivity index (χ0v) is 22.2. The van der Waals surface area contributed by atoms with Crippen molar-refractivity contribution in [2.24, 2.45) is 0 Å². The van der Waals surface area contributed by atoms with E-state index >= 15 is 0 Å². The Morgan fingerprint density at radius 1 is 1.05 bits per heavy atom. The predicted octanol–water partition coefficient (Wildman–Crippen LogP) is 6.59. The standard InChI is InChI=1S/C30H29ClN4O4/c1-39-28-13-7-5-11-23(28)29(37)33-21-14-15-22(27(36)16-21)25-17-26(19-8-2-3-9-19)35(34-25)30(38)32-18-20-10-4-6-12-24(20)31/h4-7,10-17,19,36H,2-3,8-9,18H2,1H3,(H,32,38)(H,33,37). The number of hydrogen-bond acceptors (Lipinski definition) is 5. The third kappa shape index (κ3) is 5.76. The zero-order chi connectivity index (χ0) is 27.4. The molecule has 0 atom stereocenters. The summed E-state index contributed by atoms with van der Waals surface area (Å²) in [4.78, 5) is 26.0. The van der Waals surface area contributed by atoms with Gasteiger partial charge in [0.05, 0.1) is 24.1 Å². The number of para-hydroxylation sites is 1. The van der Waals surface area contributed by atoms with E-state index in [0.717, 1.165) is 36.9 Å². The number of rotatable bonds is 7. The molecule has 0 aliphatic heterocycles. The number of halogens is 1. The van der Waals surface area contributed by atoms with Crippen LogP contribution >= 0.6 is 11.6 Å². The van der Waals surface area contributed by atoms with Gasteiger partial charge in [-0.25, -0.2) is 4.79 Å². The monoisotopic (exact) mass is 544 g/mol. The smallest absolute Gasteiger partial charge is 0.342 e. The van der Waals surface area contributed by atoms with E-state index < -0.39 is 0 Å². The maximum Gasteiger partial charge on any atom is 0.342 e. The summed E-state index contributed by atoms with van der Waals surface area (Å²) in [5, 5.41) is 21.7. The molecule has 1 saturated carbocycles. The molecule has 39 heavy (non-hydrogen) atoms. The van der Waals surface area contributed by atoms with Crippen molar-refractivity contribution < 1.29 is 19.4 Å². The minimum absolute atomic E-state index is 0.0630. The Morgan fingerprint density at radius 2 is 1.79 bits per heavy atom. The van der Waals surface area contributed by atoms with Crippen molar-refractivity contribution in [1.82, 2.24) is 15.1 Å². The molecule has 1 heterocycles. The fourth-order valence-corrected chi connectivity index (χ4v) is 5.15. The number of carbonyl (C=O) groups excluding carboxylic acids is 2. The number of phenolic OH excluding ortho intramolecular Hbond substituents is 1. The summed E-state index contributed by atoms with van der Waals surface area (Å²) in [6.45, 7) is 0.268. The quantitative estimate of drug-likeness (QED) is 0.243. The molecule has 0 saturated heterocycles. The van der Waals surface area contributed by atoms with Gasteiger partial charge in [-0.3, -0.25) is 4.79 Å². The van der Waals surface area contributed by atoms with Crippen molar-refractivity contribution in [2.45, 2.75) is 38.1 Å². The van der Waals surface area contributed by atoms with Crippen LogP contribution in [0, 0.1) is 0 Å². The topological polar surface area (TPSA) is 105 Å². The van der Waals surface area contributed by atoms with Crippen LogP contribution in [-0.4, -0.2) is 33.9 Å². The third-order valence-corrected chi connectivity index (χ3v) is 7.34. The highest BCUT2D eigenvalue weighted by molar-refractivity contribution is 6.31. The summed E-state index contributed by atoms with van der Waals surface area (Å²) in [6, 6.07) is 20.6. The van der Waals surface area contributed by atoms with Crippen molar-refractivity contribution in [2.75, 3.05) is 12.4 Å². The molecule has 8 nitrogen and oxygen atoms in total. The number of hydrogen-bond donors (Lipinski definition) is 3. The molecule has 5 rings (SSSR count). The SMILES string of the molecule is COc1ccccc1C(=O)Nc1ccc(-c2cc(C3CCCC3)n(C(=O)NCc3ccccc3Cl)n2)c(O)c1. The largest absolute Gasteiger partial charge is 0.507 e. The molecule has 1 fully saturated rings. The van der Waals surface area contributed by atoms with Gasteiger partial charge < -0.3 is 20.5 Å². The van der Waals surface area contributed by atoms with Crippen molar-refractivity contribution >= 4 is 29.2 Å². The van der Waals surface area contributed by atoms with Gasteiger partial charge >= 0.3 is 6.03 Å². The van der Waals surface area contributed by atoms with E-state index in [9.17, 15) is 14.7 Å². The summed E-state index contributed by atoms with van der Waals surface area (Å²) >= 11 is 6.25. The Labute approximate surface area is 231 Å². The number of anilines is 1. The van der Waals surface area contributed by atoms with Gasteiger partial charge in [0.25, 0.3) is 5.91 Å². The van der Waals surface area contributed by atoms with Crippen molar-refractivity contribution in [3.05, 3.63) is 94.6 Å². The van der Waals surface area contributed by atoms with E-state index in [-0.39, 0.29) is 30.2 Å². The molecule has 9 heteroatoms. The molecule has 4 aromatic rings. The maximum absolute atomic E-state index is 13.2. The van der Waals surface area contributed by atoms with Gasteiger partial charge in [0, 0.05) is 34.8 Å². The van der Waals surface area contributed by atoms with Gasteiger partial charge in [0.15, 0.2) is 0 Å². The van der Waals surface area contributed by atoms with Crippen molar-refractivity contribution in [3.8, 4) is 22.8 Å². The number of benzene rings is 3. The predicted molar refractivity (Wildman–Crippen MR) is 151 cm³/mol.